The molecular weight excluding hydrogens is 336 g/mol. The third-order valence-electron chi connectivity index (χ3n) is 5.78. The van der Waals surface area contributed by atoms with E-state index in [2.05, 4.69) is 41.6 Å². The quantitative estimate of drug-likeness (QED) is 0.764. The van der Waals surface area contributed by atoms with Crippen molar-refractivity contribution in [1.82, 2.24) is 9.47 Å². The molecule has 0 amide bonds. The zero-order valence-electron chi connectivity index (χ0n) is 16.6. The van der Waals surface area contributed by atoms with Crippen LogP contribution in [-0.4, -0.2) is 35.3 Å². The van der Waals surface area contributed by atoms with Crippen LogP contribution in [0, 0.1) is 6.92 Å². The smallest absolute Gasteiger partial charge is 0.118 e. The average Bonchev–Trinajstić information content (AvgIpc) is 2.93. The zero-order valence-corrected chi connectivity index (χ0v) is 16.6. The minimum atomic E-state index is -0.965. The van der Waals surface area contributed by atoms with E-state index >= 15 is 0 Å². The van der Waals surface area contributed by atoms with E-state index in [4.69, 9.17) is 4.74 Å². The molecule has 1 aromatic heterocycles. The fourth-order valence-corrected chi connectivity index (χ4v) is 4.22. The van der Waals surface area contributed by atoms with Crippen molar-refractivity contribution in [3.8, 4) is 5.75 Å². The molecule has 1 atom stereocenters. The number of ether oxygens (including phenoxy) is 1. The Morgan fingerprint density at radius 1 is 1.15 bits per heavy atom. The Hall–Kier alpha value is -2.30. The summed E-state index contributed by atoms with van der Waals surface area (Å²) in [4.78, 5) is 2.35. The Kier molecular flexibility index (Phi) is 4.49. The first-order chi connectivity index (χ1) is 12.9. The summed E-state index contributed by atoms with van der Waals surface area (Å²) in [6, 6.07) is 14.4. The van der Waals surface area contributed by atoms with Crippen LogP contribution in [0.15, 0.2) is 42.5 Å². The minimum Gasteiger partial charge on any atom is -0.497 e. The average molecular weight is 364 g/mol. The van der Waals surface area contributed by atoms with Crippen LogP contribution in [0.3, 0.4) is 0 Å². The summed E-state index contributed by atoms with van der Waals surface area (Å²) in [5, 5.41) is 12.7. The second kappa shape index (κ2) is 6.70. The van der Waals surface area contributed by atoms with Gasteiger partial charge in [0.1, 0.15) is 11.4 Å². The molecule has 1 aliphatic rings. The molecule has 3 aromatic rings. The maximum atomic E-state index is 11.3. The Morgan fingerprint density at radius 3 is 2.59 bits per heavy atom. The molecule has 0 spiro atoms. The highest BCUT2D eigenvalue weighted by atomic mass is 16.5. The highest BCUT2D eigenvalue weighted by Gasteiger charge is 2.29. The summed E-state index contributed by atoms with van der Waals surface area (Å²) >= 11 is 0. The van der Waals surface area contributed by atoms with Crippen molar-refractivity contribution in [1.29, 1.82) is 0 Å². The normalized spacial score (nSPS) is 16.9. The van der Waals surface area contributed by atoms with E-state index in [0.29, 0.717) is 6.54 Å². The minimum absolute atomic E-state index is 0.530. The Bertz CT molecular complexity index is 970. The first kappa shape index (κ1) is 18.1. The molecule has 0 radical (unpaired) electrons. The largest absolute Gasteiger partial charge is 0.497 e. The number of rotatable bonds is 4. The molecule has 2 heterocycles. The molecule has 0 fully saturated rings. The van der Waals surface area contributed by atoms with Gasteiger partial charge in [-0.3, -0.25) is 0 Å². The van der Waals surface area contributed by atoms with Gasteiger partial charge < -0.3 is 19.3 Å². The molecule has 4 nitrogen and oxygen atoms in total. The third kappa shape index (κ3) is 3.24. The molecular formula is C23H28N2O2. The van der Waals surface area contributed by atoms with E-state index < -0.39 is 5.60 Å². The summed E-state index contributed by atoms with van der Waals surface area (Å²) in [7, 11) is 3.82. The maximum absolute atomic E-state index is 11.3. The van der Waals surface area contributed by atoms with E-state index in [1.54, 1.807) is 7.11 Å². The van der Waals surface area contributed by atoms with Gasteiger partial charge in [-0.2, -0.15) is 0 Å². The van der Waals surface area contributed by atoms with Crippen molar-refractivity contribution in [3.05, 3.63) is 64.8 Å². The van der Waals surface area contributed by atoms with Crippen LogP contribution in [0.5, 0.6) is 5.75 Å². The lowest BCUT2D eigenvalue weighted by Crippen LogP contribution is -2.32. The van der Waals surface area contributed by atoms with Crippen LogP contribution in [0.25, 0.3) is 10.9 Å². The topological polar surface area (TPSA) is 37.6 Å². The molecule has 1 N–H and O–H groups in total. The molecule has 0 bridgehead atoms. The fraction of sp³-hybridized carbons (Fsp3) is 0.391. The highest BCUT2D eigenvalue weighted by molar-refractivity contribution is 5.86. The number of likely N-dealkylation sites (N-methyl/N-ethyl adjacent to an activating group) is 1. The van der Waals surface area contributed by atoms with E-state index in [1.165, 1.54) is 27.7 Å². The second-order valence-electron chi connectivity index (χ2n) is 8.02. The van der Waals surface area contributed by atoms with Gasteiger partial charge in [-0.1, -0.05) is 23.8 Å². The molecule has 4 heteroatoms. The second-order valence-corrected chi connectivity index (χ2v) is 8.02. The molecule has 0 aliphatic carbocycles. The molecule has 0 saturated heterocycles. The number of hydrogen-bond acceptors (Lipinski definition) is 3. The maximum Gasteiger partial charge on any atom is 0.118 e. The first-order valence-electron chi connectivity index (χ1n) is 9.55. The number of nitrogens with zero attached hydrogens (tertiary/aromatic N) is 2. The third-order valence-corrected chi connectivity index (χ3v) is 5.78. The van der Waals surface area contributed by atoms with Crippen LogP contribution < -0.4 is 4.74 Å². The van der Waals surface area contributed by atoms with Crippen LogP contribution >= 0.6 is 0 Å². The number of aliphatic hydroxyl groups is 1. The lowest BCUT2D eigenvalue weighted by atomic mass is 9.95. The lowest BCUT2D eigenvalue weighted by Gasteiger charge is -2.29. The number of methoxy groups -OCH3 is 1. The first-order valence-corrected chi connectivity index (χ1v) is 9.55. The van der Waals surface area contributed by atoms with E-state index in [0.717, 1.165) is 30.8 Å². The highest BCUT2D eigenvalue weighted by Crippen LogP contribution is 2.34. The molecule has 27 heavy (non-hydrogen) atoms. The number of benzene rings is 2. The van der Waals surface area contributed by atoms with Crippen LogP contribution in [0.1, 0.15) is 29.3 Å². The van der Waals surface area contributed by atoms with Crippen LogP contribution in [0.4, 0.5) is 0 Å². The fourth-order valence-electron chi connectivity index (χ4n) is 4.22. The van der Waals surface area contributed by atoms with Crippen LogP contribution in [-0.2, 0) is 25.1 Å². The van der Waals surface area contributed by atoms with Gasteiger partial charge >= 0.3 is 0 Å². The molecule has 0 saturated carbocycles. The van der Waals surface area contributed by atoms with Crippen molar-refractivity contribution in [2.24, 2.45) is 0 Å². The van der Waals surface area contributed by atoms with Crippen LogP contribution in [0.2, 0.25) is 0 Å². The van der Waals surface area contributed by atoms with Crippen molar-refractivity contribution in [2.75, 3.05) is 20.7 Å². The molecule has 2 aromatic carbocycles. The van der Waals surface area contributed by atoms with Gasteiger partial charge in [0.05, 0.1) is 13.7 Å². The van der Waals surface area contributed by atoms with Gasteiger partial charge in [-0.25, -0.2) is 0 Å². The molecule has 1 aliphatic heterocycles. The van der Waals surface area contributed by atoms with Crippen molar-refractivity contribution < 1.29 is 9.84 Å². The van der Waals surface area contributed by atoms with E-state index in [-0.39, 0.29) is 0 Å². The van der Waals surface area contributed by atoms with Gasteiger partial charge in [-0.05, 0) is 62.7 Å². The predicted molar refractivity (Wildman–Crippen MR) is 109 cm³/mol. The zero-order chi connectivity index (χ0) is 19.2. The number of hydrogen-bond donors (Lipinski definition) is 1. The Morgan fingerprint density at radius 2 is 1.89 bits per heavy atom. The standard InChI is InChI=1S/C23H28N2O2/c1-16-5-10-21-20(13-16)19-11-12-24(3)14-22(19)25(21)15-23(2,26)17-6-8-18(27-4)9-7-17/h5-10,13,26H,11-12,14-15H2,1-4H3. The van der Waals surface area contributed by atoms with Gasteiger partial charge in [0.15, 0.2) is 0 Å². The van der Waals surface area contributed by atoms with E-state index in [9.17, 15) is 5.11 Å². The molecule has 1 unspecified atom stereocenters. The summed E-state index contributed by atoms with van der Waals surface area (Å²) < 4.78 is 7.57. The Balaban J connectivity index is 1.79. The number of fused-ring (bicyclic) bond motifs is 3. The van der Waals surface area contributed by atoms with Gasteiger partial charge in [0, 0.05) is 29.7 Å². The lowest BCUT2D eigenvalue weighted by molar-refractivity contribution is 0.0380. The molecule has 142 valence electrons. The number of aromatic nitrogens is 1. The SMILES string of the molecule is COc1ccc(C(C)(O)Cn2c3c(c4cc(C)ccc42)CCN(C)C3)cc1. The summed E-state index contributed by atoms with van der Waals surface area (Å²) in [5.41, 5.74) is 5.20. The van der Waals surface area contributed by atoms with Gasteiger partial charge in [0.25, 0.3) is 0 Å². The monoisotopic (exact) mass is 364 g/mol. The summed E-state index contributed by atoms with van der Waals surface area (Å²) in [5.74, 6) is 0.801. The summed E-state index contributed by atoms with van der Waals surface area (Å²) in [6.07, 6.45) is 1.06. The number of aryl methyl sites for hydroxylation is 1. The van der Waals surface area contributed by atoms with E-state index in [1.807, 2.05) is 31.2 Å². The predicted octanol–water partition coefficient (Wildman–Crippen LogP) is 3.85. The van der Waals surface area contributed by atoms with Crippen molar-refractivity contribution in [2.45, 2.75) is 39.0 Å². The van der Waals surface area contributed by atoms with Gasteiger partial charge in [0.2, 0.25) is 0 Å². The van der Waals surface area contributed by atoms with Crippen molar-refractivity contribution in [3.63, 3.8) is 0 Å². The molecule has 4 rings (SSSR count). The van der Waals surface area contributed by atoms with Gasteiger partial charge in [-0.15, -0.1) is 0 Å². The summed E-state index contributed by atoms with van der Waals surface area (Å²) in [6.45, 7) is 6.57. The van der Waals surface area contributed by atoms with Crippen molar-refractivity contribution >= 4 is 10.9 Å². The Labute approximate surface area is 161 Å².